The lowest BCUT2D eigenvalue weighted by Crippen LogP contribution is -2.16. The van der Waals surface area contributed by atoms with Gasteiger partial charge in [-0.2, -0.15) is 0 Å². The van der Waals surface area contributed by atoms with Crippen molar-refractivity contribution in [3.8, 4) is 50.3 Å². The molecule has 0 saturated carbocycles. The molecule has 1 aliphatic rings. The summed E-state index contributed by atoms with van der Waals surface area (Å²) in [5, 5.41) is 5.67. The summed E-state index contributed by atoms with van der Waals surface area (Å²) in [4.78, 5) is 8.06. The fraction of sp³-hybridized carbons (Fsp3) is 0.0455. The van der Waals surface area contributed by atoms with Gasteiger partial charge in [-0.15, -0.1) is 0 Å². The minimum absolute atomic E-state index is 0.206. The maximum Gasteiger partial charge on any atom is 0.143 e. The van der Waals surface area contributed by atoms with Crippen LogP contribution in [0.25, 0.3) is 105 Å². The number of hydrogen-bond acceptors (Lipinski definition) is 3. The number of anilines is 3. The second kappa shape index (κ2) is 15.5. The Kier molecular flexibility index (Phi) is 8.90. The van der Waals surface area contributed by atoms with Crippen LogP contribution in [-0.4, -0.2) is 9.55 Å². The highest BCUT2D eigenvalue weighted by atomic mass is 16.3. The number of furan rings is 1. The number of aromatic nitrogens is 2. The van der Waals surface area contributed by atoms with Crippen molar-refractivity contribution in [1.82, 2.24) is 9.55 Å². The highest BCUT2D eigenvalue weighted by Gasteiger charge is 2.36. The van der Waals surface area contributed by atoms with Gasteiger partial charge in [0.2, 0.25) is 0 Å². The molecule has 0 bridgehead atoms. The number of nitrogens with zero attached hydrogens (tertiary/aromatic N) is 3. The molecule has 0 fully saturated rings. The van der Waals surface area contributed by atoms with Gasteiger partial charge >= 0.3 is 0 Å². The fourth-order valence-electron chi connectivity index (χ4n) is 11.4. The Bertz CT molecular complexity index is 4200. The minimum atomic E-state index is -0.206. The van der Waals surface area contributed by atoms with Crippen LogP contribution in [0.4, 0.5) is 17.1 Å². The second-order valence-corrected chi connectivity index (χ2v) is 19.1. The summed E-state index contributed by atoms with van der Waals surface area (Å²) >= 11 is 0. The van der Waals surface area contributed by atoms with E-state index in [0.29, 0.717) is 0 Å². The van der Waals surface area contributed by atoms with Gasteiger partial charge in [-0.05, 0) is 106 Å². The summed E-state index contributed by atoms with van der Waals surface area (Å²) in [5.74, 6) is 0. The van der Waals surface area contributed by atoms with E-state index in [4.69, 9.17) is 9.40 Å². The molecule has 70 heavy (non-hydrogen) atoms. The van der Waals surface area contributed by atoms with E-state index < -0.39 is 0 Å². The Labute approximate surface area is 406 Å². The molecule has 14 rings (SSSR count). The van der Waals surface area contributed by atoms with Crippen molar-refractivity contribution >= 4 is 71.7 Å². The van der Waals surface area contributed by atoms with Crippen LogP contribution in [0.2, 0.25) is 0 Å². The number of benzene rings is 10. The molecule has 0 unspecified atom stereocenters. The van der Waals surface area contributed by atoms with Gasteiger partial charge in [0.05, 0.1) is 27.9 Å². The van der Waals surface area contributed by atoms with Crippen LogP contribution in [0, 0.1) is 0 Å². The molecule has 4 nitrogen and oxygen atoms in total. The third-order valence-electron chi connectivity index (χ3n) is 14.8. The number of fused-ring (bicyclic) bond motifs is 10. The molecule has 0 N–H and O–H groups in total. The van der Waals surface area contributed by atoms with Gasteiger partial charge in [-0.1, -0.05) is 178 Å². The summed E-state index contributed by atoms with van der Waals surface area (Å²) in [7, 11) is 0. The highest BCUT2D eigenvalue weighted by molar-refractivity contribution is 6.18. The van der Waals surface area contributed by atoms with E-state index >= 15 is 0 Å². The lowest BCUT2D eigenvalue weighted by Gasteiger charge is -2.29. The van der Waals surface area contributed by atoms with E-state index in [1.807, 2.05) is 6.07 Å². The zero-order chi connectivity index (χ0) is 46.5. The molecule has 330 valence electrons. The molecule has 13 aromatic rings. The average Bonchev–Trinajstić information content (AvgIpc) is 4.04. The molecule has 0 saturated heterocycles. The SMILES string of the molecule is CC1(C)c2ccccc2-c2ccc(N(c3ccc(-c4cccc5c4oc4ccccc45)cc3)c3cc(-c4nc5ccccc5cc4-c4ccccc4)cc4c3c3ccccc3n4-c3ccccc3)cc21. The summed E-state index contributed by atoms with van der Waals surface area (Å²) in [6.07, 6.45) is 0. The first-order chi connectivity index (χ1) is 34.5. The van der Waals surface area contributed by atoms with Gasteiger partial charge in [0, 0.05) is 66.1 Å². The average molecular weight is 896 g/mol. The van der Waals surface area contributed by atoms with Gasteiger partial charge in [0.1, 0.15) is 11.2 Å². The van der Waals surface area contributed by atoms with Crippen LogP contribution in [0.5, 0.6) is 0 Å². The van der Waals surface area contributed by atoms with E-state index in [-0.39, 0.29) is 5.41 Å². The van der Waals surface area contributed by atoms with Crippen molar-refractivity contribution in [3.05, 3.63) is 248 Å². The van der Waals surface area contributed by atoms with Gasteiger partial charge in [-0.25, -0.2) is 4.98 Å². The first kappa shape index (κ1) is 40.1. The molecule has 0 aliphatic heterocycles. The summed E-state index contributed by atoms with van der Waals surface area (Å²) in [6.45, 7) is 4.73. The zero-order valence-electron chi connectivity index (χ0n) is 38.8. The minimum Gasteiger partial charge on any atom is -0.455 e. The number of pyridine rings is 1. The molecule has 3 aromatic heterocycles. The summed E-state index contributed by atoms with van der Waals surface area (Å²) < 4.78 is 9.01. The standard InChI is InChI=1S/C66H45N3O/c1-66(2)56-28-13-10-23-50(56)51-37-36-48(41-57(51)66)68(47-34-32-43(33-35-47)49-26-17-27-53-52-24-12-16-31-62(52)70-65(49)53)60-39-45(64-55(42-18-5-3-6-19-42)38-44-20-9-14-29-58(44)67-64)40-61-63(60)54-25-11-15-30-59(54)69(61)46-21-7-4-8-22-46/h3-41H,1-2H3. The third-order valence-corrected chi connectivity index (χ3v) is 14.8. The van der Waals surface area contributed by atoms with Crippen molar-refractivity contribution in [2.75, 3.05) is 4.90 Å². The first-order valence-electron chi connectivity index (χ1n) is 24.1. The van der Waals surface area contributed by atoms with Crippen LogP contribution in [-0.2, 0) is 5.41 Å². The van der Waals surface area contributed by atoms with Crippen molar-refractivity contribution in [2.45, 2.75) is 19.3 Å². The zero-order valence-corrected chi connectivity index (χ0v) is 38.8. The van der Waals surface area contributed by atoms with Crippen LogP contribution in [0.15, 0.2) is 241 Å². The predicted molar refractivity (Wildman–Crippen MR) is 292 cm³/mol. The van der Waals surface area contributed by atoms with E-state index in [2.05, 4.69) is 254 Å². The Morgan fingerprint density at radius 2 is 1.10 bits per heavy atom. The molecule has 1 aliphatic carbocycles. The van der Waals surface area contributed by atoms with E-state index in [1.165, 1.54) is 27.6 Å². The van der Waals surface area contributed by atoms with Crippen molar-refractivity contribution in [1.29, 1.82) is 0 Å². The van der Waals surface area contributed by atoms with Gasteiger partial charge < -0.3 is 13.9 Å². The third kappa shape index (κ3) is 6.13. The maximum absolute atomic E-state index is 6.58. The smallest absolute Gasteiger partial charge is 0.143 e. The summed E-state index contributed by atoms with van der Waals surface area (Å²) in [5.41, 5.74) is 20.6. The fourth-order valence-corrected chi connectivity index (χ4v) is 11.4. The van der Waals surface area contributed by atoms with Gasteiger partial charge in [0.25, 0.3) is 0 Å². The quantitative estimate of drug-likeness (QED) is 0.160. The summed E-state index contributed by atoms with van der Waals surface area (Å²) in [6, 6.07) is 85.7. The van der Waals surface area contributed by atoms with Gasteiger partial charge in [-0.3, -0.25) is 0 Å². The van der Waals surface area contributed by atoms with E-state index in [9.17, 15) is 0 Å². The number of hydrogen-bond donors (Lipinski definition) is 0. The van der Waals surface area contributed by atoms with Crippen molar-refractivity contribution in [3.63, 3.8) is 0 Å². The Balaban J connectivity index is 1.07. The van der Waals surface area contributed by atoms with Crippen LogP contribution in [0.3, 0.4) is 0 Å². The number of rotatable bonds is 7. The molecule has 0 radical (unpaired) electrons. The highest BCUT2D eigenvalue weighted by Crippen LogP contribution is 2.53. The first-order valence-corrected chi connectivity index (χ1v) is 24.1. The maximum atomic E-state index is 6.58. The van der Waals surface area contributed by atoms with E-state index in [1.54, 1.807) is 0 Å². The normalized spacial score (nSPS) is 12.8. The van der Waals surface area contributed by atoms with Crippen molar-refractivity contribution in [2.24, 2.45) is 0 Å². The molecule has 3 heterocycles. The Hall–Kier alpha value is -8.99. The van der Waals surface area contributed by atoms with Crippen LogP contribution < -0.4 is 4.90 Å². The molecule has 0 spiro atoms. The van der Waals surface area contributed by atoms with Gasteiger partial charge in [0.15, 0.2) is 0 Å². The topological polar surface area (TPSA) is 34.2 Å². The Morgan fingerprint density at radius 3 is 1.96 bits per heavy atom. The lowest BCUT2D eigenvalue weighted by molar-refractivity contribution is 0.660. The molecular weight excluding hydrogens is 851 g/mol. The molecule has 0 atom stereocenters. The van der Waals surface area contributed by atoms with Crippen LogP contribution >= 0.6 is 0 Å². The van der Waals surface area contributed by atoms with E-state index in [0.717, 1.165) is 106 Å². The predicted octanol–water partition coefficient (Wildman–Crippen LogP) is 18.0. The second-order valence-electron chi connectivity index (χ2n) is 19.1. The van der Waals surface area contributed by atoms with Crippen LogP contribution in [0.1, 0.15) is 25.0 Å². The number of para-hydroxylation sites is 5. The molecule has 0 amide bonds. The monoisotopic (exact) mass is 895 g/mol. The largest absolute Gasteiger partial charge is 0.455 e. The molecular formula is C66H45N3O. The van der Waals surface area contributed by atoms with Crippen molar-refractivity contribution < 1.29 is 4.42 Å². The lowest BCUT2D eigenvalue weighted by atomic mass is 9.82. The Morgan fingerprint density at radius 1 is 0.443 bits per heavy atom. The molecule has 10 aromatic carbocycles. The molecule has 4 heteroatoms.